The molecule has 1 aliphatic rings. The molecule has 10 heteroatoms. The third-order valence-electron chi connectivity index (χ3n) is 4.63. The first-order chi connectivity index (χ1) is 14.8. The van der Waals surface area contributed by atoms with E-state index in [-0.39, 0.29) is 11.4 Å². The summed E-state index contributed by atoms with van der Waals surface area (Å²) in [5, 5.41) is 4.42. The van der Waals surface area contributed by atoms with Crippen LogP contribution in [0.1, 0.15) is 18.4 Å². The summed E-state index contributed by atoms with van der Waals surface area (Å²) in [6.45, 7) is 4.26. The maximum atomic E-state index is 12.9. The highest BCUT2D eigenvalue weighted by Gasteiger charge is 2.39. The van der Waals surface area contributed by atoms with Crippen molar-refractivity contribution in [3.63, 3.8) is 0 Å². The van der Waals surface area contributed by atoms with Crippen molar-refractivity contribution in [2.75, 3.05) is 13.2 Å². The summed E-state index contributed by atoms with van der Waals surface area (Å²) in [5.41, 5.74) is 3.18. The zero-order chi connectivity index (χ0) is 22.4. The lowest BCUT2D eigenvalue weighted by molar-refractivity contribution is -0.124. The second-order valence-electron chi connectivity index (χ2n) is 6.75. The van der Waals surface area contributed by atoms with Gasteiger partial charge in [0, 0.05) is 11.6 Å². The maximum Gasteiger partial charge on any atom is 0.258 e. The van der Waals surface area contributed by atoms with Gasteiger partial charge in [-0.3, -0.25) is 4.79 Å². The van der Waals surface area contributed by atoms with Gasteiger partial charge in [0.25, 0.3) is 5.91 Å². The van der Waals surface area contributed by atoms with Gasteiger partial charge in [-0.1, -0.05) is 24.3 Å². The first kappa shape index (κ1) is 23.5. The highest BCUT2D eigenvalue weighted by atomic mass is 79.9. The number of ether oxygens (including phenoxy) is 1. The van der Waals surface area contributed by atoms with Gasteiger partial charge in [0.2, 0.25) is 10.0 Å². The van der Waals surface area contributed by atoms with Crippen LogP contribution in [-0.4, -0.2) is 44.0 Å². The lowest BCUT2D eigenvalue weighted by Gasteiger charge is -2.22. The molecule has 0 bridgehead atoms. The summed E-state index contributed by atoms with van der Waals surface area (Å²) in [5.74, 6) is 0.186. The van der Waals surface area contributed by atoms with Gasteiger partial charge >= 0.3 is 0 Å². The third kappa shape index (κ3) is 5.74. The topological polar surface area (TPSA) is 88.1 Å². The Labute approximate surface area is 194 Å². The molecule has 164 valence electrons. The summed E-state index contributed by atoms with van der Waals surface area (Å²) in [6.07, 6.45) is 4.15. The molecule has 1 saturated heterocycles. The van der Waals surface area contributed by atoms with Crippen LogP contribution in [0.25, 0.3) is 0 Å². The van der Waals surface area contributed by atoms with Crippen LogP contribution in [0.2, 0.25) is 5.02 Å². The SMILES string of the molecule is C=CCOc1ccc(C=NNC(=O)[C@H]2CCCN2S(=O)(=O)c2ccc(Cl)cc2)cc1Br. The van der Waals surface area contributed by atoms with Gasteiger partial charge in [0.05, 0.1) is 15.6 Å². The van der Waals surface area contributed by atoms with E-state index in [1.165, 1.54) is 34.8 Å². The molecule has 1 N–H and O–H groups in total. The number of carbonyl (C=O) groups is 1. The van der Waals surface area contributed by atoms with Crippen LogP contribution in [-0.2, 0) is 14.8 Å². The molecule has 0 spiro atoms. The van der Waals surface area contributed by atoms with Crippen LogP contribution < -0.4 is 10.2 Å². The molecule has 1 heterocycles. The molecule has 0 aromatic heterocycles. The van der Waals surface area contributed by atoms with Crippen molar-refractivity contribution < 1.29 is 17.9 Å². The van der Waals surface area contributed by atoms with Crippen LogP contribution >= 0.6 is 27.5 Å². The van der Waals surface area contributed by atoms with Crippen molar-refractivity contribution in [2.45, 2.75) is 23.8 Å². The molecule has 2 aromatic rings. The summed E-state index contributed by atoms with van der Waals surface area (Å²) in [4.78, 5) is 12.7. The lowest BCUT2D eigenvalue weighted by atomic mass is 10.2. The molecule has 3 rings (SSSR count). The first-order valence-electron chi connectivity index (χ1n) is 9.46. The van der Waals surface area contributed by atoms with Gasteiger partial charge in [-0.05, 0) is 76.8 Å². The molecule has 2 aromatic carbocycles. The Bertz CT molecular complexity index is 1090. The van der Waals surface area contributed by atoms with Crippen molar-refractivity contribution >= 4 is 49.7 Å². The van der Waals surface area contributed by atoms with Gasteiger partial charge < -0.3 is 4.74 Å². The molecule has 1 fully saturated rings. The van der Waals surface area contributed by atoms with E-state index < -0.39 is 22.0 Å². The van der Waals surface area contributed by atoms with E-state index in [1.54, 1.807) is 24.3 Å². The quantitative estimate of drug-likeness (QED) is 0.320. The number of amides is 1. The molecular formula is C21H21BrClN3O4S. The Kier molecular flexibility index (Phi) is 7.88. The van der Waals surface area contributed by atoms with Crippen LogP contribution in [0.15, 0.2) is 69.6 Å². The number of hydrogen-bond acceptors (Lipinski definition) is 5. The Morgan fingerprint density at radius 2 is 2.06 bits per heavy atom. The zero-order valence-electron chi connectivity index (χ0n) is 16.5. The standard InChI is InChI=1S/C21H21BrClN3O4S/c1-2-12-30-20-10-5-15(13-18(20)22)14-24-25-21(27)19-4-3-11-26(19)31(28,29)17-8-6-16(23)7-9-17/h2,5-10,13-14,19H,1,3-4,11-12H2,(H,25,27)/t19-/m1/s1. The smallest absolute Gasteiger partial charge is 0.258 e. The van der Waals surface area contributed by atoms with Crippen molar-refractivity contribution in [3.8, 4) is 5.75 Å². The molecular weight excluding hydrogens is 506 g/mol. The Balaban J connectivity index is 1.66. The summed E-state index contributed by atoms with van der Waals surface area (Å²) >= 11 is 9.27. The lowest BCUT2D eigenvalue weighted by Crippen LogP contribution is -2.44. The van der Waals surface area contributed by atoms with Crippen LogP contribution in [0, 0.1) is 0 Å². The maximum absolute atomic E-state index is 12.9. The van der Waals surface area contributed by atoms with Gasteiger partial charge in [-0.15, -0.1) is 0 Å². The van der Waals surface area contributed by atoms with Gasteiger partial charge in [0.15, 0.2) is 0 Å². The number of hydrazone groups is 1. The highest BCUT2D eigenvalue weighted by molar-refractivity contribution is 9.10. The molecule has 0 aliphatic carbocycles. The van der Waals surface area contributed by atoms with Gasteiger partial charge in [-0.2, -0.15) is 9.41 Å². The second-order valence-corrected chi connectivity index (χ2v) is 9.93. The number of carbonyl (C=O) groups excluding carboxylic acids is 1. The van der Waals surface area contributed by atoms with Crippen molar-refractivity contribution in [1.29, 1.82) is 0 Å². The first-order valence-corrected chi connectivity index (χ1v) is 12.1. The Morgan fingerprint density at radius 1 is 1.32 bits per heavy atom. The van der Waals surface area contributed by atoms with Crippen molar-refractivity contribution in [3.05, 3.63) is 70.2 Å². The Hall–Kier alpha value is -2.20. The average molecular weight is 527 g/mol. The molecule has 1 aliphatic heterocycles. The Morgan fingerprint density at radius 3 is 2.74 bits per heavy atom. The number of rotatable bonds is 8. The van der Waals surface area contributed by atoms with Crippen molar-refractivity contribution in [1.82, 2.24) is 9.73 Å². The number of nitrogens with zero attached hydrogens (tertiary/aromatic N) is 2. The van der Waals surface area contributed by atoms with Gasteiger partial charge in [0.1, 0.15) is 18.4 Å². The van der Waals surface area contributed by atoms with Crippen molar-refractivity contribution in [2.24, 2.45) is 5.10 Å². The molecule has 31 heavy (non-hydrogen) atoms. The summed E-state index contributed by atoms with van der Waals surface area (Å²) < 4.78 is 33.3. The molecule has 0 saturated carbocycles. The molecule has 7 nitrogen and oxygen atoms in total. The highest BCUT2D eigenvalue weighted by Crippen LogP contribution is 2.27. The van der Waals surface area contributed by atoms with E-state index in [0.717, 1.165) is 10.0 Å². The van der Waals surface area contributed by atoms with E-state index in [2.05, 4.69) is 33.0 Å². The number of halogens is 2. The summed E-state index contributed by atoms with van der Waals surface area (Å²) in [6, 6.07) is 10.4. The van der Waals surface area contributed by atoms with E-state index in [1.807, 2.05) is 0 Å². The molecule has 0 unspecified atom stereocenters. The molecule has 1 amide bonds. The van der Waals surface area contributed by atoms with E-state index in [9.17, 15) is 13.2 Å². The molecule has 1 atom stereocenters. The van der Waals surface area contributed by atoms with E-state index >= 15 is 0 Å². The fourth-order valence-electron chi connectivity index (χ4n) is 3.14. The zero-order valence-corrected chi connectivity index (χ0v) is 19.7. The second kappa shape index (κ2) is 10.4. The predicted octanol–water partition coefficient (Wildman–Crippen LogP) is 3.97. The largest absolute Gasteiger partial charge is 0.488 e. The van der Waals surface area contributed by atoms with Crippen LogP contribution in [0.5, 0.6) is 5.75 Å². The predicted molar refractivity (Wildman–Crippen MR) is 124 cm³/mol. The summed E-state index contributed by atoms with van der Waals surface area (Å²) in [7, 11) is -3.81. The number of sulfonamides is 1. The average Bonchev–Trinajstić information content (AvgIpc) is 3.24. The minimum atomic E-state index is -3.81. The van der Waals surface area contributed by atoms with Gasteiger partial charge in [-0.25, -0.2) is 13.8 Å². The normalized spacial score (nSPS) is 17.0. The van der Waals surface area contributed by atoms with E-state index in [0.29, 0.717) is 30.2 Å². The third-order valence-corrected chi connectivity index (χ3v) is 7.42. The minimum Gasteiger partial charge on any atom is -0.488 e. The fourth-order valence-corrected chi connectivity index (χ4v) is 5.43. The van der Waals surface area contributed by atoms with E-state index in [4.69, 9.17) is 16.3 Å². The van der Waals surface area contributed by atoms with Crippen LogP contribution in [0.3, 0.4) is 0 Å². The number of benzene rings is 2. The monoisotopic (exact) mass is 525 g/mol. The molecule has 0 radical (unpaired) electrons. The minimum absolute atomic E-state index is 0.101. The fraction of sp³-hybridized carbons (Fsp3) is 0.238. The number of hydrogen-bond donors (Lipinski definition) is 1. The van der Waals surface area contributed by atoms with Crippen LogP contribution in [0.4, 0.5) is 0 Å². The number of nitrogens with one attached hydrogen (secondary N) is 1.